The first kappa shape index (κ1) is 14.7. The van der Waals surface area contributed by atoms with Gasteiger partial charge in [-0.3, -0.25) is 4.79 Å². The Kier molecular flexibility index (Phi) is 5.85. The lowest BCUT2D eigenvalue weighted by Gasteiger charge is -2.09. The normalized spacial score (nSPS) is 14.2. The van der Waals surface area contributed by atoms with Gasteiger partial charge in [0.2, 0.25) is 5.89 Å². The van der Waals surface area contributed by atoms with Gasteiger partial charge >= 0.3 is 0 Å². The second-order valence-corrected chi connectivity index (χ2v) is 4.60. The molecule has 1 rings (SSSR count). The molecule has 5 nitrogen and oxygen atoms in total. The summed E-state index contributed by atoms with van der Waals surface area (Å²) in [6.45, 7) is 8.74. The average molecular weight is 253 g/mol. The molecule has 1 heterocycles. The van der Waals surface area contributed by atoms with Crippen molar-refractivity contribution in [2.75, 3.05) is 0 Å². The molecular weight excluding hydrogens is 230 g/mol. The minimum Gasteiger partial charge on any atom is -0.447 e. The highest BCUT2D eigenvalue weighted by Gasteiger charge is 2.13. The molecular formula is C13H23N3O2. The summed E-state index contributed by atoms with van der Waals surface area (Å²) in [6.07, 6.45) is 3.35. The summed E-state index contributed by atoms with van der Waals surface area (Å²) in [5.74, 6) is 0.368. The molecule has 0 fully saturated rings. The third-order valence-corrected chi connectivity index (χ3v) is 2.99. The Bertz CT molecular complexity index is 376. The van der Waals surface area contributed by atoms with Crippen LogP contribution >= 0.6 is 0 Å². The fourth-order valence-corrected chi connectivity index (χ4v) is 1.30. The van der Waals surface area contributed by atoms with Gasteiger partial charge in [-0.15, -0.1) is 0 Å². The monoisotopic (exact) mass is 253 g/mol. The van der Waals surface area contributed by atoms with Gasteiger partial charge in [-0.25, -0.2) is 4.98 Å². The maximum Gasteiger partial charge on any atom is 0.273 e. The lowest BCUT2D eigenvalue weighted by molar-refractivity contribution is 0.0934. The molecule has 2 atom stereocenters. The van der Waals surface area contributed by atoms with Gasteiger partial charge in [-0.05, 0) is 26.7 Å². The molecule has 0 aromatic carbocycles. The molecule has 0 radical (unpaired) electrons. The van der Waals surface area contributed by atoms with E-state index in [2.05, 4.69) is 29.5 Å². The summed E-state index contributed by atoms with van der Waals surface area (Å²) in [5.41, 5.74) is 0.344. The maximum atomic E-state index is 11.8. The Balaban J connectivity index is 2.49. The van der Waals surface area contributed by atoms with Crippen molar-refractivity contribution >= 4 is 5.91 Å². The predicted octanol–water partition coefficient (Wildman–Crippen LogP) is 2.09. The standard InChI is InChI=1S/C13H23N3O2/c1-5-9(3)14-7-12-16-11(8-18-12)13(17)15-10(4)6-2/h8-10,14H,5-7H2,1-4H3,(H,15,17). The van der Waals surface area contributed by atoms with E-state index in [0.717, 1.165) is 12.8 Å². The first-order chi connectivity index (χ1) is 8.56. The molecule has 2 unspecified atom stereocenters. The largest absolute Gasteiger partial charge is 0.447 e. The van der Waals surface area contributed by atoms with Crippen LogP contribution in [0.4, 0.5) is 0 Å². The van der Waals surface area contributed by atoms with Crippen molar-refractivity contribution in [1.29, 1.82) is 0 Å². The van der Waals surface area contributed by atoms with Crippen molar-refractivity contribution in [2.45, 2.75) is 59.2 Å². The van der Waals surface area contributed by atoms with Gasteiger partial charge in [0.25, 0.3) is 5.91 Å². The Morgan fingerprint density at radius 3 is 2.61 bits per heavy atom. The minimum atomic E-state index is -0.178. The van der Waals surface area contributed by atoms with Gasteiger partial charge in [0.05, 0.1) is 6.54 Å². The highest BCUT2D eigenvalue weighted by molar-refractivity contribution is 5.92. The van der Waals surface area contributed by atoms with Crippen LogP contribution in [-0.2, 0) is 6.54 Å². The maximum absolute atomic E-state index is 11.8. The molecule has 0 saturated heterocycles. The third-order valence-electron chi connectivity index (χ3n) is 2.99. The second-order valence-electron chi connectivity index (χ2n) is 4.60. The van der Waals surface area contributed by atoms with E-state index in [-0.39, 0.29) is 11.9 Å². The Morgan fingerprint density at radius 2 is 2.00 bits per heavy atom. The van der Waals surface area contributed by atoms with Crippen LogP contribution in [0.15, 0.2) is 10.7 Å². The molecule has 1 aromatic heterocycles. The van der Waals surface area contributed by atoms with E-state index >= 15 is 0 Å². The van der Waals surface area contributed by atoms with Crippen molar-refractivity contribution in [2.24, 2.45) is 0 Å². The van der Waals surface area contributed by atoms with Crippen LogP contribution < -0.4 is 10.6 Å². The van der Waals surface area contributed by atoms with Crippen molar-refractivity contribution in [3.8, 4) is 0 Å². The number of oxazole rings is 1. The van der Waals surface area contributed by atoms with E-state index in [0.29, 0.717) is 24.2 Å². The van der Waals surface area contributed by atoms with Crippen LogP contribution in [-0.4, -0.2) is 23.0 Å². The van der Waals surface area contributed by atoms with Crippen LogP contribution in [0.1, 0.15) is 56.9 Å². The molecule has 0 saturated carbocycles. The Morgan fingerprint density at radius 1 is 1.33 bits per heavy atom. The van der Waals surface area contributed by atoms with Crippen LogP contribution in [0.5, 0.6) is 0 Å². The average Bonchev–Trinajstić information content (AvgIpc) is 2.84. The summed E-state index contributed by atoms with van der Waals surface area (Å²) in [5, 5.41) is 6.12. The molecule has 0 aliphatic rings. The van der Waals surface area contributed by atoms with E-state index in [1.54, 1.807) is 0 Å². The number of nitrogens with one attached hydrogen (secondary N) is 2. The zero-order valence-electron chi connectivity index (χ0n) is 11.6. The zero-order valence-corrected chi connectivity index (χ0v) is 11.6. The topological polar surface area (TPSA) is 67.2 Å². The van der Waals surface area contributed by atoms with Crippen LogP contribution in [0, 0.1) is 0 Å². The molecule has 102 valence electrons. The second kappa shape index (κ2) is 7.16. The molecule has 0 spiro atoms. The van der Waals surface area contributed by atoms with Gasteiger partial charge in [0.1, 0.15) is 6.26 Å². The Labute approximate surface area is 108 Å². The molecule has 0 aliphatic heterocycles. The first-order valence-corrected chi connectivity index (χ1v) is 6.55. The van der Waals surface area contributed by atoms with E-state index in [1.807, 2.05) is 13.8 Å². The van der Waals surface area contributed by atoms with E-state index in [4.69, 9.17) is 4.42 Å². The molecule has 1 aromatic rings. The summed E-state index contributed by atoms with van der Waals surface area (Å²) in [4.78, 5) is 15.9. The quantitative estimate of drug-likeness (QED) is 0.781. The van der Waals surface area contributed by atoms with Crippen LogP contribution in [0.25, 0.3) is 0 Å². The lowest BCUT2D eigenvalue weighted by Crippen LogP contribution is -2.32. The van der Waals surface area contributed by atoms with Crippen molar-refractivity contribution in [3.63, 3.8) is 0 Å². The number of amides is 1. The zero-order chi connectivity index (χ0) is 13.5. The van der Waals surface area contributed by atoms with Gasteiger partial charge in [-0.1, -0.05) is 13.8 Å². The van der Waals surface area contributed by atoms with Crippen molar-refractivity contribution in [3.05, 3.63) is 17.8 Å². The fraction of sp³-hybridized carbons (Fsp3) is 0.692. The lowest BCUT2D eigenvalue weighted by atomic mass is 10.2. The van der Waals surface area contributed by atoms with Gasteiger partial charge in [0, 0.05) is 12.1 Å². The molecule has 1 amide bonds. The number of rotatable bonds is 7. The summed E-state index contributed by atoms with van der Waals surface area (Å²) in [7, 11) is 0. The van der Waals surface area contributed by atoms with E-state index in [9.17, 15) is 4.79 Å². The SMILES string of the molecule is CCC(C)NCc1nc(C(=O)NC(C)CC)co1. The van der Waals surface area contributed by atoms with E-state index in [1.165, 1.54) is 6.26 Å². The first-order valence-electron chi connectivity index (χ1n) is 6.55. The number of nitrogens with zero attached hydrogens (tertiary/aromatic N) is 1. The Hall–Kier alpha value is -1.36. The number of carbonyl (C=O) groups is 1. The molecule has 2 N–H and O–H groups in total. The van der Waals surface area contributed by atoms with Gasteiger partial charge in [-0.2, -0.15) is 0 Å². The molecule has 5 heteroatoms. The molecule has 0 aliphatic carbocycles. The highest BCUT2D eigenvalue weighted by Crippen LogP contribution is 2.03. The number of aromatic nitrogens is 1. The predicted molar refractivity (Wildman–Crippen MR) is 70.3 cm³/mol. The highest BCUT2D eigenvalue weighted by atomic mass is 16.3. The fourth-order valence-electron chi connectivity index (χ4n) is 1.30. The third kappa shape index (κ3) is 4.49. The number of carbonyl (C=O) groups excluding carboxylic acids is 1. The van der Waals surface area contributed by atoms with Crippen LogP contribution in [0.3, 0.4) is 0 Å². The molecule has 18 heavy (non-hydrogen) atoms. The van der Waals surface area contributed by atoms with Crippen molar-refractivity contribution < 1.29 is 9.21 Å². The van der Waals surface area contributed by atoms with Crippen LogP contribution in [0.2, 0.25) is 0 Å². The number of hydrogen-bond donors (Lipinski definition) is 2. The summed E-state index contributed by atoms with van der Waals surface area (Å²) >= 11 is 0. The number of hydrogen-bond acceptors (Lipinski definition) is 4. The summed E-state index contributed by atoms with van der Waals surface area (Å²) in [6, 6.07) is 0.560. The van der Waals surface area contributed by atoms with Gasteiger partial charge in [0.15, 0.2) is 5.69 Å². The smallest absolute Gasteiger partial charge is 0.273 e. The van der Waals surface area contributed by atoms with Gasteiger partial charge < -0.3 is 15.1 Å². The van der Waals surface area contributed by atoms with Crippen molar-refractivity contribution in [1.82, 2.24) is 15.6 Å². The summed E-state index contributed by atoms with van der Waals surface area (Å²) < 4.78 is 5.26. The molecule has 0 bridgehead atoms. The van der Waals surface area contributed by atoms with E-state index < -0.39 is 0 Å². The minimum absolute atomic E-state index is 0.149.